The topological polar surface area (TPSA) is 32.3 Å². The number of thioether (sulfide) groups is 1. The molecule has 3 nitrogen and oxygen atoms in total. The van der Waals surface area contributed by atoms with E-state index in [-0.39, 0.29) is 12.1 Å². The van der Waals surface area contributed by atoms with Crippen LogP contribution in [0.1, 0.15) is 24.4 Å². The Morgan fingerprint density at radius 2 is 2.12 bits per heavy atom. The Bertz CT molecular complexity index is 391. The van der Waals surface area contributed by atoms with Crippen molar-refractivity contribution in [1.29, 1.82) is 0 Å². The van der Waals surface area contributed by atoms with Crippen molar-refractivity contribution in [1.82, 2.24) is 10.2 Å². The molecule has 0 saturated carbocycles. The Morgan fingerprint density at radius 3 is 2.71 bits per heavy atom. The second kappa shape index (κ2) is 5.45. The largest absolute Gasteiger partial charge is 0.341 e. The van der Waals surface area contributed by atoms with E-state index in [0.29, 0.717) is 0 Å². The van der Waals surface area contributed by atoms with Gasteiger partial charge < -0.3 is 10.2 Å². The van der Waals surface area contributed by atoms with Gasteiger partial charge in [-0.15, -0.1) is 11.8 Å². The Hall–Kier alpha value is -1.16. The van der Waals surface area contributed by atoms with Crippen LogP contribution in [0.5, 0.6) is 0 Å². The van der Waals surface area contributed by atoms with Crippen molar-refractivity contribution < 1.29 is 4.79 Å². The number of carbonyl (C=O) groups is 1. The first-order chi connectivity index (χ1) is 8.26. The third kappa shape index (κ3) is 2.57. The number of benzene rings is 1. The first kappa shape index (κ1) is 12.3. The van der Waals surface area contributed by atoms with Crippen LogP contribution in [0.3, 0.4) is 0 Å². The number of hydrogen-bond donors (Lipinski definition) is 1. The fraction of sp³-hybridized carbons (Fsp3) is 0.462. The van der Waals surface area contributed by atoms with Crippen molar-refractivity contribution in [3.63, 3.8) is 0 Å². The molecule has 1 unspecified atom stereocenters. The Labute approximate surface area is 107 Å². The van der Waals surface area contributed by atoms with Crippen LogP contribution in [-0.4, -0.2) is 30.8 Å². The predicted octanol–water partition coefficient (Wildman–Crippen LogP) is 2.88. The maximum Gasteiger partial charge on any atom is 0.317 e. The molecule has 92 valence electrons. The molecule has 4 heteroatoms. The molecule has 1 fully saturated rings. The highest BCUT2D eigenvalue weighted by molar-refractivity contribution is 7.98. The lowest BCUT2D eigenvalue weighted by molar-refractivity contribution is 0.195. The molecule has 1 N–H and O–H groups in total. The number of nitrogens with zero attached hydrogens (tertiary/aromatic N) is 1. The smallest absolute Gasteiger partial charge is 0.317 e. The first-order valence-electron chi connectivity index (χ1n) is 5.88. The zero-order valence-corrected chi connectivity index (χ0v) is 11.1. The summed E-state index contributed by atoms with van der Waals surface area (Å²) in [7, 11) is 1.69. The molecule has 1 aliphatic heterocycles. The van der Waals surface area contributed by atoms with Crippen LogP contribution in [0.2, 0.25) is 0 Å². The summed E-state index contributed by atoms with van der Waals surface area (Å²) in [6.07, 6.45) is 4.22. The summed E-state index contributed by atoms with van der Waals surface area (Å²) in [4.78, 5) is 14.9. The molecular formula is C13H18N2OS. The van der Waals surface area contributed by atoms with Gasteiger partial charge in [0.2, 0.25) is 0 Å². The summed E-state index contributed by atoms with van der Waals surface area (Å²) in [5, 5.41) is 2.71. The second-order valence-electron chi connectivity index (χ2n) is 4.18. The Morgan fingerprint density at radius 1 is 1.41 bits per heavy atom. The summed E-state index contributed by atoms with van der Waals surface area (Å²) in [5.74, 6) is 0. The normalized spacial score (nSPS) is 19.4. The molecular weight excluding hydrogens is 232 g/mol. The number of carbonyl (C=O) groups excluding carboxylic acids is 1. The van der Waals surface area contributed by atoms with Crippen LogP contribution in [0.25, 0.3) is 0 Å². The molecule has 0 aromatic heterocycles. The van der Waals surface area contributed by atoms with E-state index in [2.05, 4.69) is 35.8 Å². The van der Waals surface area contributed by atoms with Crippen molar-refractivity contribution in [2.45, 2.75) is 23.8 Å². The van der Waals surface area contributed by atoms with E-state index in [1.54, 1.807) is 18.8 Å². The lowest BCUT2D eigenvalue weighted by Crippen LogP contribution is -2.37. The lowest BCUT2D eigenvalue weighted by Gasteiger charge is -2.24. The minimum atomic E-state index is 0.0291. The first-order valence-corrected chi connectivity index (χ1v) is 7.11. The fourth-order valence-electron chi connectivity index (χ4n) is 2.33. The molecule has 17 heavy (non-hydrogen) atoms. The number of amides is 2. The maximum atomic E-state index is 11.7. The van der Waals surface area contributed by atoms with E-state index in [9.17, 15) is 4.79 Å². The van der Waals surface area contributed by atoms with Crippen LogP contribution in [0.4, 0.5) is 4.79 Å². The van der Waals surface area contributed by atoms with Crippen LogP contribution in [0.15, 0.2) is 29.2 Å². The molecule has 1 aromatic carbocycles. The summed E-state index contributed by atoms with van der Waals surface area (Å²) < 4.78 is 0. The van der Waals surface area contributed by atoms with Crippen molar-refractivity contribution in [2.24, 2.45) is 0 Å². The van der Waals surface area contributed by atoms with Crippen molar-refractivity contribution >= 4 is 17.8 Å². The summed E-state index contributed by atoms with van der Waals surface area (Å²) >= 11 is 1.74. The lowest BCUT2D eigenvalue weighted by atomic mass is 10.1. The average molecular weight is 250 g/mol. The molecule has 0 radical (unpaired) electrons. The maximum absolute atomic E-state index is 11.7. The van der Waals surface area contributed by atoms with Gasteiger partial charge in [-0.1, -0.05) is 12.1 Å². The number of nitrogens with one attached hydrogen (secondary N) is 1. The zero-order valence-electron chi connectivity index (χ0n) is 10.3. The van der Waals surface area contributed by atoms with Gasteiger partial charge in [0.1, 0.15) is 0 Å². The highest BCUT2D eigenvalue weighted by Crippen LogP contribution is 2.32. The van der Waals surface area contributed by atoms with E-state index in [4.69, 9.17) is 0 Å². The SMILES string of the molecule is CNC(=O)N1CCCC1c1ccc(SC)cc1. The Kier molecular flexibility index (Phi) is 3.94. The van der Waals surface area contributed by atoms with Crippen LogP contribution in [-0.2, 0) is 0 Å². The van der Waals surface area contributed by atoms with E-state index in [1.807, 2.05) is 4.90 Å². The molecule has 1 atom stereocenters. The van der Waals surface area contributed by atoms with Gasteiger partial charge in [-0.3, -0.25) is 0 Å². The van der Waals surface area contributed by atoms with Gasteiger partial charge in [0.05, 0.1) is 6.04 Å². The predicted molar refractivity (Wildman–Crippen MR) is 71.4 cm³/mol. The highest BCUT2D eigenvalue weighted by atomic mass is 32.2. The molecule has 0 spiro atoms. The Balaban J connectivity index is 2.17. The summed E-state index contributed by atoms with van der Waals surface area (Å²) in [6.45, 7) is 0.856. The third-order valence-corrected chi connectivity index (χ3v) is 3.97. The monoisotopic (exact) mass is 250 g/mol. The van der Waals surface area contributed by atoms with E-state index >= 15 is 0 Å². The van der Waals surface area contributed by atoms with Gasteiger partial charge in [-0.2, -0.15) is 0 Å². The number of likely N-dealkylation sites (tertiary alicyclic amines) is 1. The number of urea groups is 1. The van der Waals surface area contributed by atoms with Crippen LogP contribution in [0, 0.1) is 0 Å². The number of rotatable bonds is 2. The van der Waals surface area contributed by atoms with E-state index < -0.39 is 0 Å². The van der Waals surface area contributed by atoms with Crippen molar-refractivity contribution in [3.05, 3.63) is 29.8 Å². The van der Waals surface area contributed by atoms with Gasteiger partial charge >= 0.3 is 6.03 Å². The molecule has 2 amide bonds. The fourth-order valence-corrected chi connectivity index (χ4v) is 2.73. The summed E-state index contributed by atoms with van der Waals surface area (Å²) in [6, 6.07) is 8.79. The third-order valence-electron chi connectivity index (χ3n) is 3.23. The molecule has 0 bridgehead atoms. The van der Waals surface area contributed by atoms with Crippen molar-refractivity contribution in [3.8, 4) is 0 Å². The van der Waals surface area contributed by atoms with Crippen molar-refractivity contribution in [2.75, 3.05) is 19.8 Å². The molecule has 1 heterocycles. The molecule has 1 aromatic rings. The second-order valence-corrected chi connectivity index (χ2v) is 5.06. The van der Waals surface area contributed by atoms with E-state index in [0.717, 1.165) is 19.4 Å². The van der Waals surface area contributed by atoms with Gasteiger partial charge in [0, 0.05) is 18.5 Å². The quantitative estimate of drug-likeness (QED) is 0.819. The minimum Gasteiger partial charge on any atom is -0.341 e. The van der Waals surface area contributed by atoms with Gasteiger partial charge in [0.15, 0.2) is 0 Å². The van der Waals surface area contributed by atoms with Crippen LogP contribution < -0.4 is 5.32 Å². The average Bonchev–Trinajstić information content (AvgIpc) is 2.87. The molecule has 0 aliphatic carbocycles. The molecule has 1 saturated heterocycles. The molecule has 2 rings (SSSR count). The van der Waals surface area contributed by atoms with Gasteiger partial charge in [-0.05, 0) is 36.8 Å². The highest BCUT2D eigenvalue weighted by Gasteiger charge is 2.29. The standard InChI is InChI=1S/C13H18N2OS/c1-14-13(16)15-9-3-4-12(15)10-5-7-11(17-2)8-6-10/h5-8,12H,3-4,9H2,1-2H3,(H,14,16). The molecule has 1 aliphatic rings. The minimum absolute atomic E-state index is 0.0291. The van der Waals surface area contributed by atoms with Gasteiger partial charge in [-0.25, -0.2) is 4.79 Å². The van der Waals surface area contributed by atoms with E-state index in [1.165, 1.54) is 10.5 Å². The number of hydrogen-bond acceptors (Lipinski definition) is 2. The summed E-state index contributed by atoms with van der Waals surface area (Å²) in [5.41, 5.74) is 1.24. The van der Waals surface area contributed by atoms with Crippen LogP contribution >= 0.6 is 11.8 Å². The zero-order chi connectivity index (χ0) is 12.3. The van der Waals surface area contributed by atoms with Gasteiger partial charge in [0.25, 0.3) is 0 Å².